The predicted octanol–water partition coefficient (Wildman–Crippen LogP) is 6.08. The van der Waals surface area contributed by atoms with Crippen LogP contribution in [0.15, 0.2) is 47.4 Å². The van der Waals surface area contributed by atoms with E-state index in [4.69, 9.17) is 4.74 Å². The van der Waals surface area contributed by atoms with Gasteiger partial charge in [0.1, 0.15) is 5.75 Å². The van der Waals surface area contributed by atoms with Crippen molar-refractivity contribution in [3.8, 4) is 5.75 Å². The fourth-order valence-electron chi connectivity index (χ4n) is 4.49. The van der Waals surface area contributed by atoms with Gasteiger partial charge in [-0.15, -0.1) is 0 Å². The van der Waals surface area contributed by atoms with Crippen LogP contribution >= 0.6 is 0 Å². The number of nitrogens with zero attached hydrogens (tertiary/aromatic N) is 1. The van der Waals surface area contributed by atoms with Crippen LogP contribution in [-0.4, -0.2) is 38.3 Å². The molecule has 7 heteroatoms. The Labute approximate surface area is 211 Å². The molecule has 1 saturated carbocycles. The number of amides is 1. The average molecular weight is 501 g/mol. The molecule has 2 aromatic carbocycles. The van der Waals surface area contributed by atoms with Gasteiger partial charge in [-0.2, -0.15) is 4.31 Å². The van der Waals surface area contributed by atoms with Crippen LogP contribution in [0.4, 0.5) is 5.69 Å². The number of anilines is 1. The smallest absolute Gasteiger partial charge is 0.243 e. The quantitative estimate of drug-likeness (QED) is 0.401. The van der Waals surface area contributed by atoms with Crippen LogP contribution in [0.3, 0.4) is 0 Å². The topological polar surface area (TPSA) is 75.7 Å². The summed E-state index contributed by atoms with van der Waals surface area (Å²) in [7, 11) is -1.88. The molecule has 1 aliphatic rings. The summed E-state index contributed by atoms with van der Waals surface area (Å²) in [5.74, 6) is 0.788. The standard InChI is InChI=1S/C28H40N2O4S/c1-21-12-13-22(2)26(20-21)34-19-9-18-28(3,4)27(31)29-23-14-16-25(17-15-23)35(32,33)30(5)24-10-7-6-8-11-24/h12-17,20,24H,6-11,18-19H2,1-5H3,(H,29,31). The van der Waals surface area contributed by atoms with Gasteiger partial charge in [0, 0.05) is 24.2 Å². The maximum absolute atomic E-state index is 13.0. The van der Waals surface area contributed by atoms with Gasteiger partial charge in [-0.05, 0) is 81.0 Å². The maximum atomic E-state index is 13.0. The Morgan fingerprint density at radius 2 is 1.71 bits per heavy atom. The Balaban J connectivity index is 1.53. The number of carbonyl (C=O) groups excluding carboxylic acids is 1. The van der Waals surface area contributed by atoms with E-state index in [9.17, 15) is 13.2 Å². The molecule has 35 heavy (non-hydrogen) atoms. The Morgan fingerprint density at radius 3 is 2.37 bits per heavy atom. The van der Waals surface area contributed by atoms with E-state index in [-0.39, 0.29) is 16.8 Å². The zero-order valence-corrected chi connectivity index (χ0v) is 22.6. The molecule has 0 atom stereocenters. The highest BCUT2D eigenvalue weighted by molar-refractivity contribution is 7.89. The molecule has 0 saturated heterocycles. The van der Waals surface area contributed by atoms with Crippen molar-refractivity contribution < 1.29 is 17.9 Å². The summed E-state index contributed by atoms with van der Waals surface area (Å²) in [5, 5.41) is 2.94. The molecular formula is C28H40N2O4S. The van der Waals surface area contributed by atoms with Crippen molar-refractivity contribution in [3.63, 3.8) is 0 Å². The lowest BCUT2D eigenvalue weighted by atomic mass is 9.87. The minimum atomic E-state index is -3.55. The van der Waals surface area contributed by atoms with Gasteiger partial charge in [0.05, 0.1) is 11.5 Å². The summed E-state index contributed by atoms with van der Waals surface area (Å²) in [6.45, 7) is 8.44. The van der Waals surface area contributed by atoms with E-state index in [2.05, 4.69) is 11.4 Å². The zero-order chi connectivity index (χ0) is 25.6. The second-order valence-corrected chi connectivity index (χ2v) is 12.4. The van der Waals surface area contributed by atoms with Crippen molar-refractivity contribution in [2.24, 2.45) is 5.41 Å². The molecule has 192 valence electrons. The van der Waals surface area contributed by atoms with E-state index in [1.807, 2.05) is 39.8 Å². The Morgan fingerprint density at radius 1 is 1.06 bits per heavy atom. The Kier molecular flexibility index (Phi) is 9.00. The average Bonchev–Trinajstić information content (AvgIpc) is 2.84. The molecule has 0 aromatic heterocycles. The molecule has 1 amide bonds. The first-order valence-electron chi connectivity index (χ1n) is 12.6. The van der Waals surface area contributed by atoms with Crippen molar-refractivity contribution >= 4 is 21.6 Å². The van der Waals surface area contributed by atoms with Crippen molar-refractivity contribution in [1.82, 2.24) is 4.31 Å². The van der Waals surface area contributed by atoms with Gasteiger partial charge in [-0.25, -0.2) is 8.42 Å². The number of ether oxygens (including phenoxy) is 1. The largest absolute Gasteiger partial charge is 0.493 e. The third kappa shape index (κ3) is 7.07. The first-order valence-corrected chi connectivity index (χ1v) is 14.0. The number of hydrogen-bond acceptors (Lipinski definition) is 4. The van der Waals surface area contributed by atoms with Crippen LogP contribution < -0.4 is 10.1 Å². The molecule has 0 unspecified atom stereocenters. The molecule has 0 heterocycles. The van der Waals surface area contributed by atoms with E-state index in [0.717, 1.165) is 49.0 Å². The lowest BCUT2D eigenvalue weighted by Gasteiger charge is -2.30. The van der Waals surface area contributed by atoms with Crippen molar-refractivity contribution in [2.45, 2.75) is 83.6 Å². The SMILES string of the molecule is Cc1ccc(C)c(OCCCC(C)(C)C(=O)Nc2ccc(S(=O)(=O)N(C)C3CCCCC3)cc2)c1. The molecule has 3 rings (SSSR count). The summed E-state index contributed by atoms with van der Waals surface area (Å²) in [4.78, 5) is 13.2. The molecular weight excluding hydrogens is 460 g/mol. The predicted molar refractivity (Wildman–Crippen MR) is 141 cm³/mol. The lowest BCUT2D eigenvalue weighted by molar-refractivity contribution is -0.124. The third-order valence-electron chi connectivity index (χ3n) is 7.04. The van der Waals surface area contributed by atoms with Crippen molar-refractivity contribution in [3.05, 3.63) is 53.6 Å². The first-order chi connectivity index (χ1) is 16.5. The molecule has 6 nitrogen and oxygen atoms in total. The second kappa shape index (κ2) is 11.6. The molecule has 0 aliphatic heterocycles. The van der Waals surface area contributed by atoms with Crippen LogP contribution in [0.25, 0.3) is 0 Å². The summed E-state index contributed by atoms with van der Waals surface area (Å²) >= 11 is 0. The molecule has 1 fully saturated rings. The zero-order valence-electron chi connectivity index (χ0n) is 21.8. The fraction of sp³-hybridized carbons (Fsp3) is 0.536. The molecule has 1 aliphatic carbocycles. The van der Waals surface area contributed by atoms with E-state index in [1.165, 1.54) is 10.7 Å². The van der Waals surface area contributed by atoms with E-state index < -0.39 is 15.4 Å². The second-order valence-electron chi connectivity index (χ2n) is 10.4. The van der Waals surface area contributed by atoms with Gasteiger partial charge in [0.15, 0.2) is 0 Å². The van der Waals surface area contributed by atoms with E-state index in [0.29, 0.717) is 18.7 Å². The lowest BCUT2D eigenvalue weighted by Crippen LogP contribution is -2.38. The minimum absolute atomic E-state index is 0.0627. The summed E-state index contributed by atoms with van der Waals surface area (Å²) < 4.78 is 33.5. The molecule has 1 N–H and O–H groups in total. The number of carbonyl (C=O) groups is 1. The van der Waals surface area contributed by atoms with Gasteiger partial charge in [-0.1, -0.05) is 45.2 Å². The molecule has 0 bridgehead atoms. The highest BCUT2D eigenvalue weighted by Gasteiger charge is 2.30. The summed E-state index contributed by atoms with van der Waals surface area (Å²) in [5.41, 5.74) is 2.26. The van der Waals surface area contributed by atoms with Crippen molar-refractivity contribution in [2.75, 3.05) is 19.0 Å². The summed E-state index contributed by atoms with van der Waals surface area (Å²) in [6, 6.07) is 12.7. The number of rotatable bonds is 10. The van der Waals surface area contributed by atoms with Gasteiger partial charge in [0.2, 0.25) is 15.9 Å². The number of nitrogens with one attached hydrogen (secondary N) is 1. The van der Waals surface area contributed by atoms with Gasteiger partial charge in [0.25, 0.3) is 0 Å². The van der Waals surface area contributed by atoms with Crippen LogP contribution in [0.1, 0.15) is 69.9 Å². The highest BCUT2D eigenvalue weighted by atomic mass is 32.2. The van der Waals surface area contributed by atoms with Gasteiger partial charge >= 0.3 is 0 Å². The maximum Gasteiger partial charge on any atom is 0.243 e. The summed E-state index contributed by atoms with van der Waals surface area (Å²) in [6.07, 6.45) is 6.56. The normalized spacial score (nSPS) is 15.3. The fourth-order valence-corrected chi connectivity index (χ4v) is 5.91. The monoisotopic (exact) mass is 500 g/mol. The van der Waals surface area contributed by atoms with Crippen LogP contribution in [-0.2, 0) is 14.8 Å². The van der Waals surface area contributed by atoms with Crippen LogP contribution in [0, 0.1) is 19.3 Å². The van der Waals surface area contributed by atoms with E-state index in [1.54, 1.807) is 31.3 Å². The van der Waals surface area contributed by atoms with Crippen LogP contribution in [0.2, 0.25) is 0 Å². The Bertz CT molecular complexity index is 1100. The molecule has 0 radical (unpaired) electrons. The van der Waals surface area contributed by atoms with Gasteiger partial charge in [-0.3, -0.25) is 4.79 Å². The minimum Gasteiger partial charge on any atom is -0.493 e. The molecule has 2 aromatic rings. The molecule has 0 spiro atoms. The van der Waals surface area contributed by atoms with E-state index >= 15 is 0 Å². The Hall–Kier alpha value is -2.38. The third-order valence-corrected chi connectivity index (χ3v) is 8.96. The van der Waals surface area contributed by atoms with Crippen molar-refractivity contribution in [1.29, 1.82) is 0 Å². The number of hydrogen-bond donors (Lipinski definition) is 1. The number of benzene rings is 2. The van der Waals surface area contributed by atoms with Gasteiger partial charge < -0.3 is 10.1 Å². The van der Waals surface area contributed by atoms with Crippen LogP contribution in [0.5, 0.6) is 5.75 Å². The first kappa shape index (κ1) is 27.2. The number of aryl methyl sites for hydroxylation is 2. The number of sulfonamides is 1. The highest BCUT2D eigenvalue weighted by Crippen LogP contribution is 2.29.